The molecule has 0 aliphatic carbocycles. The Morgan fingerprint density at radius 2 is 2.00 bits per heavy atom. The molecule has 3 aromatic rings. The highest BCUT2D eigenvalue weighted by Crippen LogP contribution is 2.29. The molecule has 0 bridgehead atoms. The predicted molar refractivity (Wildman–Crippen MR) is 109 cm³/mol. The van der Waals surface area contributed by atoms with Crippen molar-refractivity contribution < 1.29 is 23.1 Å². The summed E-state index contributed by atoms with van der Waals surface area (Å²) in [6, 6.07) is 11.9. The van der Waals surface area contributed by atoms with Crippen molar-refractivity contribution >= 4 is 44.6 Å². The molecule has 0 saturated heterocycles. The highest BCUT2D eigenvalue weighted by Gasteiger charge is 2.18. The summed E-state index contributed by atoms with van der Waals surface area (Å²) in [6.07, 6.45) is 2.99. The molecule has 1 heterocycles. The molecule has 3 rings (SSSR count). The third-order valence-electron chi connectivity index (χ3n) is 4.27. The topological polar surface area (TPSA) is 85.6 Å². The number of aryl methyl sites for hydroxylation is 1. The van der Waals surface area contributed by atoms with E-state index in [0.717, 1.165) is 9.38 Å². The minimum atomic E-state index is -3.85. The van der Waals surface area contributed by atoms with E-state index in [0.29, 0.717) is 32.8 Å². The fourth-order valence-electron chi connectivity index (χ4n) is 2.86. The summed E-state index contributed by atoms with van der Waals surface area (Å²) in [4.78, 5) is 11.0. The van der Waals surface area contributed by atoms with Gasteiger partial charge in [0.15, 0.2) is 0 Å². The van der Waals surface area contributed by atoms with Crippen molar-refractivity contribution in [2.75, 3.05) is 7.11 Å². The van der Waals surface area contributed by atoms with Crippen molar-refractivity contribution in [3.05, 3.63) is 70.2 Å². The van der Waals surface area contributed by atoms with Crippen molar-refractivity contribution in [3.8, 4) is 5.75 Å². The first-order valence-corrected chi connectivity index (χ1v) is 10.3. The summed E-state index contributed by atoms with van der Waals surface area (Å²) >= 11 is 6.08. The van der Waals surface area contributed by atoms with E-state index in [2.05, 4.69) is 0 Å². The molecule has 1 aromatic heterocycles. The Labute approximate surface area is 167 Å². The lowest BCUT2D eigenvalue weighted by Crippen LogP contribution is -2.07. The molecular formula is C20H18ClNO5S. The van der Waals surface area contributed by atoms with Crippen molar-refractivity contribution in [2.24, 2.45) is 0 Å². The van der Waals surface area contributed by atoms with Gasteiger partial charge in [-0.15, -0.1) is 0 Å². The number of hydrogen-bond acceptors (Lipinski definition) is 4. The molecule has 0 unspecified atom stereocenters. The molecule has 0 fully saturated rings. The summed E-state index contributed by atoms with van der Waals surface area (Å²) in [5.41, 5.74) is 1.65. The molecule has 0 saturated carbocycles. The third-order valence-corrected chi connectivity index (χ3v) is 5.94. The van der Waals surface area contributed by atoms with Crippen molar-refractivity contribution in [3.63, 3.8) is 0 Å². The lowest BCUT2D eigenvalue weighted by Gasteiger charge is -2.05. The van der Waals surface area contributed by atoms with E-state index >= 15 is 0 Å². The van der Waals surface area contributed by atoms with Crippen LogP contribution in [0.4, 0.5) is 0 Å². The maximum Gasteiger partial charge on any atom is 0.303 e. The molecule has 146 valence electrons. The summed E-state index contributed by atoms with van der Waals surface area (Å²) in [5, 5.41) is 11.1. The standard InChI is InChI=1S/C20H18ClNO5S/c1-27-16-7-8-19-17(12-16)15(6-9-20(23)24)13-22(19)28(25,26)11-10-14-4-2-3-5-18(14)21/h2-5,7-8,10-13H,6,9H2,1H3,(H,23,24). The Bertz CT molecular complexity index is 1160. The number of nitrogens with zero attached hydrogens (tertiary/aromatic N) is 1. The molecule has 2 aromatic carbocycles. The van der Waals surface area contributed by atoms with E-state index in [9.17, 15) is 13.2 Å². The summed E-state index contributed by atoms with van der Waals surface area (Å²) in [6.45, 7) is 0. The van der Waals surface area contributed by atoms with E-state index in [1.807, 2.05) is 0 Å². The van der Waals surface area contributed by atoms with Crippen LogP contribution in [0.15, 0.2) is 54.1 Å². The summed E-state index contributed by atoms with van der Waals surface area (Å²) in [5.74, 6) is -0.392. The number of carbonyl (C=O) groups is 1. The van der Waals surface area contributed by atoms with Gasteiger partial charge in [-0.1, -0.05) is 29.8 Å². The average molecular weight is 420 g/mol. The van der Waals surface area contributed by atoms with Gasteiger partial charge in [0.1, 0.15) is 5.75 Å². The van der Waals surface area contributed by atoms with Gasteiger partial charge >= 0.3 is 5.97 Å². The molecule has 0 amide bonds. The van der Waals surface area contributed by atoms with Crippen LogP contribution in [-0.4, -0.2) is 30.6 Å². The molecule has 0 atom stereocenters. The second-order valence-electron chi connectivity index (χ2n) is 6.10. The number of carboxylic acids is 1. The molecule has 6 nitrogen and oxygen atoms in total. The van der Waals surface area contributed by atoms with E-state index < -0.39 is 16.0 Å². The number of methoxy groups -OCH3 is 1. The van der Waals surface area contributed by atoms with Crippen LogP contribution in [0.3, 0.4) is 0 Å². The third kappa shape index (κ3) is 4.21. The van der Waals surface area contributed by atoms with Crippen LogP contribution in [0.5, 0.6) is 5.75 Å². The first-order valence-electron chi connectivity index (χ1n) is 8.40. The SMILES string of the molecule is COc1ccc2c(c1)c(CCC(=O)O)cn2S(=O)(=O)C=Cc1ccccc1Cl. The minimum absolute atomic E-state index is 0.105. The van der Waals surface area contributed by atoms with Gasteiger partial charge in [0.05, 0.1) is 18.0 Å². The number of aromatic nitrogens is 1. The van der Waals surface area contributed by atoms with Gasteiger partial charge in [-0.2, -0.15) is 0 Å². The van der Waals surface area contributed by atoms with Gasteiger partial charge in [-0.25, -0.2) is 12.4 Å². The maximum atomic E-state index is 12.9. The lowest BCUT2D eigenvalue weighted by atomic mass is 10.1. The predicted octanol–water partition coefficient (Wildman–Crippen LogP) is 4.17. The van der Waals surface area contributed by atoms with Crippen LogP contribution < -0.4 is 4.74 Å². The fraction of sp³-hybridized carbons (Fsp3) is 0.150. The highest BCUT2D eigenvalue weighted by molar-refractivity contribution is 7.93. The number of carboxylic acid groups (broad SMARTS) is 1. The zero-order valence-electron chi connectivity index (χ0n) is 15.0. The average Bonchev–Trinajstić information content (AvgIpc) is 3.04. The van der Waals surface area contributed by atoms with Crippen LogP contribution >= 0.6 is 11.6 Å². The molecule has 0 radical (unpaired) electrons. The summed E-state index contributed by atoms with van der Waals surface area (Å²) in [7, 11) is -2.34. The van der Waals surface area contributed by atoms with Crippen LogP contribution in [0, 0.1) is 0 Å². The number of hydrogen-bond donors (Lipinski definition) is 1. The zero-order valence-corrected chi connectivity index (χ0v) is 16.6. The first kappa shape index (κ1) is 20.0. The van der Waals surface area contributed by atoms with Gasteiger partial charge in [0.2, 0.25) is 0 Å². The van der Waals surface area contributed by atoms with Gasteiger partial charge in [0, 0.05) is 23.0 Å². The molecule has 0 aliphatic heterocycles. The lowest BCUT2D eigenvalue weighted by molar-refractivity contribution is -0.136. The quantitative estimate of drug-likeness (QED) is 0.621. The second kappa shape index (κ2) is 8.08. The zero-order chi connectivity index (χ0) is 20.3. The first-order chi connectivity index (χ1) is 13.3. The fourth-order valence-corrected chi connectivity index (χ4v) is 4.21. The van der Waals surface area contributed by atoms with E-state index in [-0.39, 0.29) is 12.8 Å². The number of benzene rings is 2. The Kier molecular flexibility index (Phi) is 5.76. The highest BCUT2D eigenvalue weighted by atomic mass is 35.5. The Balaban J connectivity index is 2.08. The number of ether oxygens (including phenoxy) is 1. The molecule has 0 spiro atoms. The number of rotatable bonds is 7. The van der Waals surface area contributed by atoms with E-state index in [4.69, 9.17) is 21.4 Å². The van der Waals surface area contributed by atoms with Crippen molar-refractivity contribution in [1.82, 2.24) is 3.97 Å². The molecule has 28 heavy (non-hydrogen) atoms. The van der Waals surface area contributed by atoms with E-state index in [1.54, 1.807) is 42.5 Å². The largest absolute Gasteiger partial charge is 0.497 e. The Hall–Kier alpha value is -2.77. The van der Waals surface area contributed by atoms with Gasteiger partial charge in [-0.3, -0.25) is 4.79 Å². The van der Waals surface area contributed by atoms with Crippen molar-refractivity contribution in [1.29, 1.82) is 0 Å². The molecule has 8 heteroatoms. The normalized spacial score (nSPS) is 11.9. The summed E-state index contributed by atoms with van der Waals surface area (Å²) < 4.78 is 32.2. The molecule has 0 aliphatic rings. The monoisotopic (exact) mass is 419 g/mol. The van der Waals surface area contributed by atoms with Gasteiger partial charge < -0.3 is 9.84 Å². The van der Waals surface area contributed by atoms with E-state index in [1.165, 1.54) is 19.4 Å². The van der Waals surface area contributed by atoms with Crippen LogP contribution in [0.2, 0.25) is 5.02 Å². The van der Waals surface area contributed by atoms with Crippen LogP contribution in [-0.2, 0) is 21.2 Å². The molecular weight excluding hydrogens is 402 g/mol. The van der Waals surface area contributed by atoms with Crippen LogP contribution in [0.25, 0.3) is 17.0 Å². The van der Waals surface area contributed by atoms with Gasteiger partial charge in [-0.05, 0) is 47.9 Å². The van der Waals surface area contributed by atoms with Gasteiger partial charge in [0.25, 0.3) is 10.0 Å². The minimum Gasteiger partial charge on any atom is -0.497 e. The maximum absolute atomic E-state index is 12.9. The number of fused-ring (bicyclic) bond motifs is 1. The number of halogens is 1. The van der Waals surface area contributed by atoms with Crippen molar-refractivity contribution in [2.45, 2.75) is 12.8 Å². The second-order valence-corrected chi connectivity index (χ2v) is 8.20. The smallest absolute Gasteiger partial charge is 0.303 e. The Morgan fingerprint density at radius 1 is 1.25 bits per heavy atom. The van der Waals surface area contributed by atoms with Crippen LogP contribution in [0.1, 0.15) is 17.5 Å². The Morgan fingerprint density at radius 3 is 2.68 bits per heavy atom. The molecule has 1 N–H and O–H groups in total. The number of aliphatic carboxylic acids is 1.